The molecule has 21 nitrogen and oxygen atoms in total. The van der Waals surface area contributed by atoms with Crippen LogP contribution >= 0.6 is 0 Å². The largest absolute Gasteiger partial charge is 0.469 e. The molecule has 2 aromatic rings. The predicted molar refractivity (Wildman–Crippen MR) is 170 cm³/mol. The molecule has 278 valence electrons. The number of hydrogen-bond donors (Lipinski definition) is 3. The number of epoxide rings is 1. The lowest BCUT2D eigenvalue weighted by Gasteiger charge is -2.18. The molecule has 0 aliphatic carbocycles. The Hall–Kier alpha value is -4.70. The van der Waals surface area contributed by atoms with Crippen LogP contribution in [0.3, 0.4) is 0 Å². The van der Waals surface area contributed by atoms with Crippen LogP contribution in [0.4, 0.5) is 0 Å². The van der Waals surface area contributed by atoms with E-state index in [2.05, 4.69) is 11.3 Å². The van der Waals surface area contributed by atoms with Crippen molar-refractivity contribution < 1.29 is 43.9 Å². The Bertz CT molecular complexity index is 1880. The molecule has 3 rings (SSSR count). The molecule has 1 saturated heterocycles. The van der Waals surface area contributed by atoms with E-state index in [4.69, 9.17) is 14.2 Å². The van der Waals surface area contributed by atoms with Gasteiger partial charge in [0.2, 0.25) is 0 Å². The van der Waals surface area contributed by atoms with Gasteiger partial charge in [-0.05, 0) is 6.42 Å². The zero-order valence-electron chi connectivity index (χ0n) is 27.7. The maximum Gasteiger partial charge on any atom is 0.336 e. The summed E-state index contributed by atoms with van der Waals surface area (Å²) < 4.78 is 23.4. The van der Waals surface area contributed by atoms with Crippen molar-refractivity contribution in [1.29, 1.82) is 0 Å². The van der Waals surface area contributed by atoms with E-state index in [1.807, 2.05) is 0 Å². The molecule has 0 saturated carbocycles. The van der Waals surface area contributed by atoms with E-state index in [1.54, 1.807) is 6.92 Å². The topological polar surface area (TPSA) is 267 Å². The lowest BCUT2D eigenvalue weighted by atomic mass is 10.3. The number of esters is 2. The van der Waals surface area contributed by atoms with Crippen LogP contribution in [-0.4, -0.2) is 113 Å². The van der Waals surface area contributed by atoms with Gasteiger partial charge in [0.05, 0.1) is 84.3 Å². The first-order valence-corrected chi connectivity index (χ1v) is 15.7. The van der Waals surface area contributed by atoms with Gasteiger partial charge in [0.1, 0.15) is 12.7 Å². The quantitative estimate of drug-likeness (QED) is 0.0473. The number of aromatic nitrogens is 6. The van der Waals surface area contributed by atoms with Gasteiger partial charge in [-0.15, -0.1) is 6.58 Å². The van der Waals surface area contributed by atoms with Crippen LogP contribution in [0.1, 0.15) is 26.2 Å². The summed E-state index contributed by atoms with van der Waals surface area (Å²) in [4.78, 5) is 102. The Morgan fingerprint density at radius 2 is 1.20 bits per heavy atom. The smallest absolute Gasteiger partial charge is 0.336 e. The van der Waals surface area contributed by atoms with Crippen molar-refractivity contribution in [2.24, 2.45) is 0 Å². The highest BCUT2D eigenvalue weighted by atomic mass is 16.6. The van der Waals surface area contributed by atoms with Crippen molar-refractivity contribution in [3.05, 3.63) is 75.6 Å². The Balaban J connectivity index is 1.77. The SMILES string of the molecule is C=CCOCC(O)Cn1c(=O)n(CCC(=O)OC)c(=O)n(CCC(=O)OCC(O)Cn2c(=O)n(CC(O)CC)c(=O)n(CC3CO3)c2=O)c1=O. The minimum absolute atomic E-state index is 0.0752. The van der Waals surface area contributed by atoms with E-state index in [-0.39, 0.29) is 26.2 Å². The van der Waals surface area contributed by atoms with Crippen molar-refractivity contribution in [2.75, 3.05) is 33.5 Å². The van der Waals surface area contributed by atoms with Crippen LogP contribution in [0, 0.1) is 0 Å². The molecule has 0 radical (unpaired) electrons. The maximum absolute atomic E-state index is 13.2. The average molecular weight is 715 g/mol. The number of methoxy groups -OCH3 is 1. The molecule has 21 heteroatoms. The van der Waals surface area contributed by atoms with E-state index in [0.29, 0.717) is 29.4 Å². The molecule has 0 bridgehead atoms. The predicted octanol–water partition coefficient (Wildman–Crippen LogP) is -5.05. The van der Waals surface area contributed by atoms with E-state index < -0.39 is 123 Å². The normalized spacial score (nSPS) is 15.7. The fraction of sp³-hybridized carbons (Fsp3) is 0.655. The van der Waals surface area contributed by atoms with Gasteiger partial charge in [0.15, 0.2) is 0 Å². The van der Waals surface area contributed by atoms with Crippen LogP contribution < -0.4 is 34.1 Å². The van der Waals surface area contributed by atoms with Gasteiger partial charge in [-0.2, -0.15) is 0 Å². The van der Waals surface area contributed by atoms with E-state index in [9.17, 15) is 53.7 Å². The van der Waals surface area contributed by atoms with Gasteiger partial charge >= 0.3 is 46.1 Å². The third-order valence-corrected chi connectivity index (χ3v) is 7.50. The number of hydrogen-bond acceptors (Lipinski definition) is 15. The minimum atomic E-state index is -1.64. The van der Waals surface area contributed by atoms with E-state index in [1.165, 1.54) is 6.08 Å². The van der Waals surface area contributed by atoms with E-state index in [0.717, 1.165) is 11.7 Å². The molecule has 1 aliphatic heterocycles. The number of nitrogens with zero attached hydrogens (tertiary/aromatic N) is 6. The highest BCUT2D eigenvalue weighted by Gasteiger charge is 2.28. The molecule has 3 N–H and O–H groups in total. The van der Waals surface area contributed by atoms with Crippen molar-refractivity contribution >= 4 is 11.9 Å². The Morgan fingerprint density at radius 1 is 0.760 bits per heavy atom. The summed E-state index contributed by atoms with van der Waals surface area (Å²) in [6.07, 6.45) is -3.91. The number of aliphatic hydroxyl groups is 3. The maximum atomic E-state index is 13.2. The lowest BCUT2D eigenvalue weighted by Crippen LogP contribution is -2.56. The molecule has 3 heterocycles. The molecule has 1 aliphatic rings. The zero-order chi connectivity index (χ0) is 37.1. The third-order valence-electron chi connectivity index (χ3n) is 7.50. The van der Waals surface area contributed by atoms with Crippen LogP contribution in [0.15, 0.2) is 41.4 Å². The molecular weight excluding hydrogens is 672 g/mol. The number of aliphatic hydroxyl groups excluding tert-OH is 3. The highest BCUT2D eigenvalue weighted by Crippen LogP contribution is 2.09. The number of ether oxygens (including phenoxy) is 4. The third kappa shape index (κ3) is 10.4. The van der Waals surface area contributed by atoms with Gasteiger partial charge in [-0.25, -0.2) is 56.2 Å². The minimum Gasteiger partial charge on any atom is -0.469 e. The van der Waals surface area contributed by atoms with Gasteiger partial charge in [0.25, 0.3) is 0 Å². The summed E-state index contributed by atoms with van der Waals surface area (Å²) in [7, 11) is 1.10. The summed E-state index contributed by atoms with van der Waals surface area (Å²) >= 11 is 0. The first kappa shape index (κ1) is 39.7. The first-order chi connectivity index (χ1) is 23.7. The van der Waals surface area contributed by atoms with Crippen molar-refractivity contribution in [2.45, 2.75) is 89.9 Å². The second-order valence-electron chi connectivity index (χ2n) is 11.4. The van der Waals surface area contributed by atoms with Crippen LogP contribution in [-0.2, 0) is 67.8 Å². The summed E-state index contributed by atoms with van der Waals surface area (Å²) in [5, 5.41) is 30.9. The second kappa shape index (κ2) is 18.3. The number of carbonyl (C=O) groups excluding carboxylic acids is 2. The Morgan fingerprint density at radius 3 is 1.68 bits per heavy atom. The van der Waals surface area contributed by atoms with Crippen molar-refractivity contribution in [1.82, 2.24) is 27.4 Å². The van der Waals surface area contributed by atoms with E-state index >= 15 is 0 Å². The summed E-state index contributed by atoms with van der Waals surface area (Å²) in [5.74, 6) is -1.78. The van der Waals surface area contributed by atoms with Gasteiger partial charge in [-0.3, -0.25) is 9.59 Å². The molecule has 4 atom stereocenters. The fourth-order valence-corrected chi connectivity index (χ4v) is 4.67. The number of carbonyl (C=O) groups is 2. The summed E-state index contributed by atoms with van der Waals surface area (Å²) in [5.41, 5.74) is -6.54. The molecule has 0 spiro atoms. The van der Waals surface area contributed by atoms with Crippen LogP contribution in [0.2, 0.25) is 0 Å². The summed E-state index contributed by atoms with van der Waals surface area (Å²) in [6, 6.07) is 0. The monoisotopic (exact) mass is 714 g/mol. The number of rotatable bonds is 21. The molecule has 2 aromatic heterocycles. The Kier molecular flexibility index (Phi) is 14.6. The second-order valence-corrected chi connectivity index (χ2v) is 11.4. The molecule has 0 aromatic carbocycles. The van der Waals surface area contributed by atoms with Gasteiger partial charge in [-0.1, -0.05) is 13.0 Å². The zero-order valence-corrected chi connectivity index (χ0v) is 27.7. The fourth-order valence-electron chi connectivity index (χ4n) is 4.67. The van der Waals surface area contributed by atoms with Crippen LogP contribution in [0.5, 0.6) is 0 Å². The summed E-state index contributed by atoms with van der Waals surface area (Å²) in [6.45, 7) is 1.45. The van der Waals surface area contributed by atoms with Gasteiger partial charge in [0, 0.05) is 13.1 Å². The average Bonchev–Trinajstić information content (AvgIpc) is 3.92. The lowest BCUT2D eigenvalue weighted by molar-refractivity contribution is -0.147. The molecular formula is C29H42N6O15. The molecule has 4 unspecified atom stereocenters. The Labute approximate surface area is 282 Å². The molecule has 0 amide bonds. The molecule has 1 fully saturated rings. The highest BCUT2D eigenvalue weighted by molar-refractivity contribution is 5.69. The van der Waals surface area contributed by atoms with Gasteiger partial charge < -0.3 is 34.3 Å². The molecule has 50 heavy (non-hydrogen) atoms. The van der Waals surface area contributed by atoms with Crippen LogP contribution in [0.25, 0.3) is 0 Å². The first-order valence-electron chi connectivity index (χ1n) is 15.7. The standard InChI is InChI=1S/C29H42N6O15/c1-4-10-48-15-19(37)12-33-25(42)30(8-6-22(39)47-3)24(41)31(26(33)43)9-7-23(40)50-16-20(38)13-34-27(44)32(11-18(36)5-2)28(45)35(29(34)46)14-21-17-49-21/h4,18-21,36-38H,1,5-17H2,2-3H3. The van der Waals surface area contributed by atoms with Crippen molar-refractivity contribution in [3.63, 3.8) is 0 Å². The van der Waals surface area contributed by atoms with Crippen molar-refractivity contribution in [3.8, 4) is 0 Å².